The Morgan fingerprint density at radius 1 is 1.24 bits per heavy atom. The number of hydrogen-bond acceptors (Lipinski definition) is 5. The normalized spacial score (nSPS) is 10.2. The highest BCUT2D eigenvalue weighted by atomic mass is 16.3. The molecule has 0 atom stereocenters. The van der Waals surface area contributed by atoms with Crippen LogP contribution in [0.5, 0.6) is 0 Å². The van der Waals surface area contributed by atoms with E-state index in [1.165, 1.54) is 18.4 Å². The Morgan fingerprint density at radius 3 is 2.64 bits per heavy atom. The molecule has 25 heavy (non-hydrogen) atoms. The van der Waals surface area contributed by atoms with E-state index in [4.69, 9.17) is 9.68 Å². The van der Waals surface area contributed by atoms with Gasteiger partial charge in [0.15, 0.2) is 0 Å². The zero-order valence-corrected chi connectivity index (χ0v) is 12.9. The molecule has 0 saturated carbocycles. The van der Waals surface area contributed by atoms with Gasteiger partial charge in [0.05, 0.1) is 24.4 Å². The number of furan rings is 1. The third-order valence-corrected chi connectivity index (χ3v) is 3.47. The molecule has 3 rings (SSSR count). The zero-order chi connectivity index (χ0) is 17.8. The highest BCUT2D eigenvalue weighted by Crippen LogP contribution is 2.09. The van der Waals surface area contributed by atoms with E-state index in [-0.39, 0.29) is 12.1 Å². The predicted octanol–water partition coefficient (Wildman–Crippen LogP) is 1.30. The summed E-state index contributed by atoms with van der Waals surface area (Å²) in [6.07, 6.45) is 2.50. The summed E-state index contributed by atoms with van der Waals surface area (Å²) in [7, 11) is 0. The fourth-order valence-corrected chi connectivity index (χ4v) is 2.20. The number of benzene rings is 1. The second kappa shape index (κ2) is 6.72. The van der Waals surface area contributed by atoms with Gasteiger partial charge in [0.1, 0.15) is 11.3 Å². The van der Waals surface area contributed by atoms with Gasteiger partial charge in [0, 0.05) is 11.9 Å². The largest absolute Gasteiger partial charge is 0.467 e. The van der Waals surface area contributed by atoms with Crippen molar-refractivity contribution in [3.05, 3.63) is 86.6 Å². The van der Waals surface area contributed by atoms with Crippen molar-refractivity contribution in [2.75, 3.05) is 5.32 Å². The van der Waals surface area contributed by atoms with Gasteiger partial charge in [-0.3, -0.25) is 14.2 Å². The number of aromatic nitrogens is 2. The SMILES string of the molecule is N#Cc1ccc(NC(=O)c2c[nH]c(=O)n(Cc3ccco3)c2=O)cc1. The van der Waals surface area contributed by atoms with Crippen LogP contribution in [0.2, 0.25) is 0 Å². The van der Waals surface area contributed by atoms with Crippen LogP contribution < -0.4 is 16.6 Å². The number of aromatic amines is 1. The van der Waals surface area contributed by atoms with Crippen molar-refractivity contribution in [1.29, 1.82) is 5.26 Å². The van der Waals surface area contributed by atoms with E-state index in [0.29, 0.717) is 17.0 Å². The van der Waals surface area contributed by atoms with E-state index in [2.05, 4.69) is 10.3 Å². The first-order valence-electron chi connectivity index (χ1n) is 7.25. The monoisotopic (exact) mass is 336 g/mol. The Balaban J connectivity index is 1.88. The Labute approximate surface area is 141 Å². The van der Waals surface area contributed by atoms with Crippen molar-refractivity contribution in [2.45, 2.75) is 6.54 Å². The van der Waals surface area contributed by atoms with Gasteiger partial charge in [-0.15, -0.1) is 0 Å². The molecule has 1 amide bonds. The quantitative estimate of drug-likeness (QED) is 0.744. The summed E-state index contributed by atoms with van der Waals surface area (Å²) in [6.45, 7) is -0.0842. The fraction of sp³-hybridized carbons (Fsp3) is 0.0588. The van der Waals surface area contributed by atoms with Crippen LogP contribution in [-0.2, 0) is 6.54 Å². The predicted molar refractivity (Wildman–Crippen MR) is 88.2 cm³/mol. The number of amides is 1. The van der Waals surface area contributed by atoms with Crippen LogP contribution >= 0.6 is 0 Å². The molecule has 3 aromatic rings. The van der Waals surface area contributed by atoms with Crippen LogP contribution in [0.15, 0.2) is 62.9 Å². The van der Waals surface area contributed by atoms with Crippen LogP contribution in [0.3, 0.4) is 0 Å². The lowest BCUT2D eigenvalue weighted by Gasteiger charge is -2.07. The number of hydrogen-bond donors (Lipinski definition) is 2. The van der Waals surface area contributed by atoms with Crippen LogP contribution in [0.1, 0.15) is 21.7 Å². The molecule has 0 saturated heterocycles. The molecule has 2 aromatic heterocycles. The zero-order valence-electron chi connectivity index (χ0n) is 12.9. The molecule has 1 aromatic carbocycles. The number of nitrogens with one attached hydrogen (secondary N) is 2. The van der Waals surface area contributed by atoms with Gasteiger partial charge in [-0.2, -0.15) is 5.26 Å². The maximum absolute atomic E-state index is 12.4. The van der Waals surface area contributed by atoms with Gasteiger partial charge in [-0.05, 0) is 36.4 Å². The molecule has 0 aliphatic rings. The molecule has 0 aliphatic carbocycles. The molecule has 0 bridgehead atoms. The van der Waals surface area contributed by atoms with Crippen molar-refractivity contribution >= 4 is 11.6 Å². The van der Waals surface area contributed by atoms with Crippen molar-refractivity contribution in [1.82, 2.24) is 9.55 Å². The van der Waals surface area contributed by atoms with E-state index in [1.54, 1.807) is 24.3 Å². The lowest BCUT2D eigenvalue weighted by molar-refractivity contribution is 0.102. The van der Waals surface area contributed by atoms with E-state index in [1.807, 2.05) is 6.07 Å². The fourth-order valence-electron chi connectivity index (χ4n) is 2.20. The average Bonchev–Trinajstić information content (AvgIpc) is 3.12. The highest BCUT2D eigenvalue weighted by molar-refractivity contribution is 6.03. The van der Waals surface area contributed by atoms with Crippen LogP contribution in [0.25, 0.3) is 0 Å². The van der Waals surface area contributed by atoms with E-state index < -0.39 is 17.2 Å². The molecule has 0 aliphatic heterocycles. The van der Waals surface area contributed by atoms with Gasteiger partial charge in [0.2, 0.25) is 0 Å². The van der Waals surface area contributed by atoms with Crippen molar-refractivity contribution in [3.63, 3.8) is 0 Å². The van der Waals surface area contributed by atoms with Crippen LogP contribution in [0.4, 0.5) is 5.69 Å². The lowest BCUT2D eigenvalue weighted by atomic mass is 10.2. The maximum Gasteiger partial charge on any atom is 0.328 e. The van der Waals surface area contributed by atoms with Crippen molar-refractivity contribution < 1.29 is 9.21 Å². The minimum atomic E-state index is -0.730. The molecule has 124 valence electrons. The van der Waals surface area contributed by atoms with Crippen LogP contribution in [-0.4, -0.2) is 15.5 Å². The first-order chi connectivity index (χ1) is 12.1. The van der Waals surface area contributed by atoms with Crippen molar-refractivity contribution in [2.24, 2.45) is 0 Å². The minimum absolute atomic E-state index is 0.0842. The summed E-state index contributed by atoms with van der Waals surface area (Å²) in [6, 6.07) is 11.4. The molecule has 0 radical (unpaired) electrons. The number of anilines is 1. The van der Waals surface area contributed by atoms with E-state index >= 15 is 0 Å². The molecule has 0 spiro atoms. The van der Waals surface area contributed by atoms with Gasteiger partial charge < -0.3 is 14.7 Å². The molecule has 8 heteroatoms. The number of nitriles is 1. The Bertz CT molecular complexity index is 1050. The number of nitrogens with zero attached hydrogens (tertiary/aromatic N) is 2. The van der Waals surface area contributed by atoms with Gasteiger partial charge in [0.25, 0.3) is 11.5 Å². The molecule has 8 nitrogen and oxygen atoms in total. The molecular formula is C17H12N4O4. The van der Waals surface area contributed by atoms with Gasteiger partial charge >= 0.3 is 5.69 Å². The van der Waals surface area contributed by atoms with Crippen LogP contribution in [0, 0.1) is 11.3 Å². The lowest BCUT2D eigenvalue weighted by Crippen LogP contribution is -2.39. The second-order valence-corrected chi connectivity index (χ2v) is 5.12. The Kier molecular flexibility index (Phi) is 4.30. The Morgan fingerprint density at radius 2 is 2.00 bits per heavy atom. The summed E-state index contributed by atoms with van der Waals surface area (Å²) in [5.74, 6) is -0.253. The summed E-state index contributed by atoms with van der Waals surface area (Å²) in [5, 5.41) is 11.3. The number of carbonyl (C=O) groups is 1. The van der Waals surface area contributed by atoms with Gasteiger partial charge in [-0.25, -0.2) is 4.79 Å². The summed E-state index contributed by atoms with van der Waals surface area (Å²) < 4.78 is 6.01. The molecule has 0 fully saturated rings. The Hall–Kier alpha value is -3.86. The first kappa shape index (κ1) is 16.0. The summed E-state index contributed by atoms with van der Waals surface area (Å²) in [5.41, 5.74) is -0.715. The second-order valence-electron chi connectivity index (χ2n) is 5.12. The third kappa shape index (κ3) is 3.40. The van der Waals surface area contributed by atoms with Crippen molar-refractivity contribution in [3.8, 4) is 6.07 Å². The highest BCUT2D eigenvalue weighted by Gasteiger charge is 2.15. The molecule has 2 heterocycles. The maximum atomic E-state index is 12.4. The molecule has 0 unspecified atom stereocenters. The number of H-pyrrole nitrogens is 1. The minimum Gasteiger partial charge on any atom is -0.467 e. The third-order valence-electron chi connectivity index (χ3n) is 3.47. The first-order valence-corrected chi connectivity index (χ1v) is 7.25. The molecule has 2 N–H and O–H groups in total. The summed E-state index contributed by atoms with van der Waals surface area (Å²) >= 11 is 0. The average molecular weight is 336 g/mol. The number of carbonyl (C=O) groups excluding carboxylic acids is 1. The van der Waals surface area contributed by atoms with E-state index in [9.17, 15) is 14.4 Å². The van der Waals surface area contributed by atoms with E-state index in [0.717, 1.165) is 10.8 Å². The summed E-state index contributed by atoms with van der Waals surface area (Å²) in [4.78, 5) is 39.0. The number of rotatable bonds is 4. The molecular weight excluding hydrogens is 324 g/mol. The van der Waals surface area contributed by atoms with Gasteiger partial charge in [-0.1, -0.05) is 0 Å². The topological polar surface area (TPSA) is 121 Å². The standard InChI is InChI=1S/C17H12N4O4/c18-8-11-3-5-12(6-4-11)20-15(22)14-9-19-17(24)21(16(14)23)10-13-2-1-7-25-13/h1-7,9H,10H2,(H,19,24)(H,20,22). The smallest absolute Gasteiger partial charge is 0.328 e.